The minimum atomic E-state index is -3.61. The molecule has 150 valence electrons. The van der Waals surface area contributed by atoms with Gasteiger partial charge in [0.15, 0.2) is 0 Å². The average molecular weight is 420 g/mol. The molecule has 1 amide bonds. The summed E-state index contributed by atoms with van der Waals surface area (Å²) in [5.74, 6) is -0.178. The molecule has 6 nitrogen and oxygen atoms in total. The molecule has 1 aromatic heterocycles. The van der Waals surface area contributed by atoms with Crippen LogP contribution >= 0.6 is 11.3 Å². The Hall–Kier alpha value is -1.90. The zero-order valence-electron chi connectivity index (χ0n) is 15.7. The standard InChI is InChI=1S/C20H25N3O3S2/c24-20(22-13-9-17(15-22)21-16-7-3-1-4-8-16)19-18(10-14-27-19)28(25,26)23-11-5-2-6-12-23/h1,3-4,7-8,10,14,17,21H,2,5-6,9,11-13,15H2. The molecule has 0 spiro atoms. The van der Waals surface area contributed by atoms with E-state index in [0.717, 1.165) is 31.4 Å². The van der Waals surface area contributed by atoms with Crippen LogP contribution in [0.5, 0.6) is 0 Å². The lowest BCUT2D eigenvalue weighted by atomic mass is 10.2. The fraction of sp³-hybridized carbons (Fsp3) is 0.450. The van der Waals surface area contributed by atoms with Gasteiger partial charge >= 0.3 is 0 Å². The van der Waals surface area contributed by atoms with E-state index in [4.69, 9.17) is 0 Å². The summed E-state index contributed by atoms with van der Waals surface area (Å²) in [4.78, 5) is 15.4. The van der Waals surface area contributed by atoms with E-state index >= 15 is 0 Å². The molecule has 1 aromatic carbocycles. The highest BCUT2D eigenvalue weighted by molar-refractivity contribution is 7.89. The van der Waals surface area contributed by atoms with Gasteiger partial charge < -0.3 is 10.2 Å². The lowest BCUT2D eigenvalue weighted by Crippen LogP contribution is -2.37. The fourth-order valence-electron chi connectivity index (χ4n) is 3.88. The molecular formula is C20H25N3O3S2. The lowest BCUT2D eigenvalue weighted by Gasteiger charge is -2.26. The van der Waals surface area contributed by atoms with Crippen molar-refractivity contribution in [3.05, 3.63) is 46.7 Å². The third kappa shape index (κ3) is 3.94. The number of anilines is 1. The minimum Gasteiger partial charge on any atom is -0.380 e. The third-order valence-electron chi connectivity index (χ3n) is 5.38. The molecule has 2 fully saturated rings. The van der Waals surface area contributed by atoms with Crippen LogP contribution in [-0.4, -0.2) is 55.8 Å². The number of hydrogen-bond acceptors (Lipinski definition) is 5. The van der Waals surface area contributed by atoms with Crippen molar-refractivity contribution in [1.29, 1.82) is 0 Å². The van der Waals surface area contributed by atoms with Gasteiger partial charge in [-0.05, 0) is 42.8 Å². The van der Waals surface area contributed by atoms with Crippen molar-refractivity contribution in [2.75, 3.05) is 31.5 Å². The van der Waals surface area contributed by atoms with Crippen molar-refractivity contribution in [1.82, 2.24) is 9.21 Å². The summed E-state index contributed by atoms with van der Waals surface area (Å²) >= 11 is 1.22. The number of rotatable bonds is 5. The summed E-state index contributed by atoms with van der Waals surface area (Å²) in [5.41, 5.74) is 1.03. The van der Waals surface area contributed by atoms with E-state index in [2.05, 4.69) is 5.32 Å². The SMILES string of the molecule is O=C(c1sccc1S(=O)(=O)N1CCCCC1)N1CCC(Nc2ccccc2)C1. The van der Waals surface area contributed by atoms with Crippen LogP contribution in [-0.2, 0) is 10.0 Å². The normalized spacial score (nSPS) is 21.0. The van der Waals surface area contributed by atoms with Gasteiger partial charge in [-0.1, -0.05) is 24.6 Å². The van der Waals surface area contributed by atoms with Gasteiger partial charge in [0.1, 0.15) is 9.77 Å². The summed E-state index contributed by atoms with van der Waals surface area (Å²) in [5, 5.41) is 5.16. The first-order chi connectivity index (χ1) is 13.6. The molecule has 1 N–H and O–H groups in total. The quantitative estimate of drug-likeness (QED) is 0.808. The Morgan fingerprint density at radius 3 is 2.54 bits per heavy atom. The Labute approximate surface area is 170 Å². The lowest BCUT2D eigenvalue weighted by molar-refractivity contribution is 0.0792. The largest absolute Gasteiger partial charge is 0.380 e. The van der Waals surface area contributed by atoms with Crippen LogP contribution in [0.4, 0.5) is 5.69 Å². The number of nitrogens with zero attached hydrogens (tertiary/aromatic N) is 2. The van der Waals surface area contributed by atoms with Crippen molar-refractivity contribution in [3.63, 3.8) is 0 Å². The zero-order valence-corrected chi connectivity index (χ0v) is 17.3. The zero-order chi connectivity index (χ0) is 19.6. The van der Waals surface area contributed by atoms with Crippen LogP contribution in [0, 0.1) is 0 Å². The van der Waals surface area contributed by atoms with E-state index in [-0.39, 0.29) is 16.8 Å². The second-order valence-corrected chi connectivity index (χ2v) is 10.1. The van der Waals surface area contributed by atoms with Crippen molar-refractivity contribution in [2.24, 2.45) is 0 Å². The Balaban J connectivity index is 1.47. The summed E-state index contributed by atoms with van der Waals surface area (Å²) in [6.07, 6.45) is 3.67. The van der Waals surface area contributed by atoms with E-state index in [9.17, 15) is 13.2 Å². The molecule has 0 radical (unpaired) electrons. The number of carbonyl (C=O) groups is 1. The van der Waals surface area contributed by atoms with Crippen LogP contribution in [0.2, 0.25) is 0 Å². The molecule has 0 bridgehead atoms. The summed E-state index contributed by atoms with van der Waals surface area (Å²) < 4.78 is 27.6. The van der Waals surface area contributed by atoms with Crippen molar-refractivity contribution in [2.45, 2.75) is 36.6 Å². The molecule has 2 saturated heterocycles. The summed E-state index contributed by atoms with van der Waals surface area (Å²) in [6, 6.07) is 11.7. The van der Waals surface area contributed by atoms with Crippen molar-refractivity contribution in [3.8, 4) is 0 Å². The molecule has 1 unspecified atom stereocenters. The van der Waals surface area contributed by atoms with Gasteiger partial charge in [-0.3, -0.25) is 4.79 Å². The number of hydrogen-bond donors (Lipinski definition) is 1. The van der Waals surface area contributed by atoms with Crippen LogP contribution in [0.3, 0.4) is 0 Å². The minimum absolute atomic E-state index is 0.170. The van der Waals surface area contributed by atoms with E-state index in [0.29, 0.717) is 31.1 Å². The average Bonchev–Trinajstić information content (AvgIpc) is 3.39. The van der Waals surface area contributed by atoms with Crippen LogP contribution < -0.4 is 5.32 Å². The molecule has 1 atom stereocenters. The number of likely N-dealkylation sites (tertiary alicyclic amines) is 1. The van der Waals surface area contributed by atoms with Gasteiger partial charge in [-0.2, -0.15) is 4.31 Å². The summed E-state index contributed by atoms with van der Waals surface area (Å²) in [7, 11) is -3.61. The highest BCUT2D eigenvalue weighted by Crippen LogP contribution is 2.29. The number of nitrogens with one attached hydrogen (secondary N) is 1. The maximum atomic E-state index is 13.1. The Morgan fingerprint density at radius 2 is 1.79 bits per heavy atom. The van der Waals surface area contributed by atoms with Gasteiger partial charge in [0.25, 0.3) is 5.91 Å². The number of thiophene rings is 1. The predicted octanol–water partition coefficient (Wildman–Crippen LogP) is 3.25. The fourth-order valence-corrected chi connectivity index (χ4v) is 6.76. The maximum Gasteiger partial charge on any atom is 0.265 e. The first-order valence-electron chi connectivity index (χ1n) is 9.74. The van der Waals surface area contributed by atoms with Gasteiger partial charge in [0.05, 0.1) is 0 Å². The number of benzene rings is 1. The first-order valence-corrected chi connectivity index (χ1v) is 12.1. The second-order valence-electron chi connectivity index (χ2n) is 7.33. The number of carbonyl (C=O) groups excluding carboxylic acids is 1. The highest BCUT2D eigenvalue weighted by atomic mass is 32.2. The van der Waals surface area contributed by atoms with Gasteiger partial charge in [0, 0.05) is 37.9 Å². The van der Waals surface area contributed by atoms with E-state index in [1.807, 2.05) is 30.3 Å². The Kier molecular flexibility index (Phi) is 5.70. The van der Waals surface area contributed by atoms with Crippen LogP contribution in [0.1, 0.15) is 35.4 Å². The number of piperidine rings is 1. The third-order valence-corrected chi connectivity index (χ3v) is 8.35. The molecule has 2 aromatic rings. The highest BCUT2D eigenvalue weighted by Gasteiger charge is 2.34. The Bertz CT molecular complexity index is 921. The molecule has 0 aliphatic carbocycles. The molecular weight excluding hydrogens is 394 g/mol. The number of amides is 1. The molecule has 8 heteroatoms. The van der Waals surface area contributed by atoms with E-state index in [1.165, 1.54) is 15.6 Å². The molecule has 2 aliphatic heterocycles. The number of para-hydroxylation sites is 1. The summed E-state index contributed by atoms with van der Waals surface area (Å²) in [6.45, 7) is 2.29. The smallest absolute Gasteiger partial charge is 0.265 e. The maximum absolute atomic E-state index is 13.1. The molecule has 2 aliphatic rings. The van der Waals surface area contributed by atoms with E-state index < -0.39 is 10.0 Å². The van der Waals surface area contributed by atoms with Gasteiger partial charge in [0.2, 0.25) is 10.0 Å². The predicted molar refractivity (Wildman–Crippen MR) is 111 cm³/mol. The van der Waals surface area contributed by atoms with Crippen molar-refractivity contribution < 1.29 is 13.2 Å². The van der Waals surface area contributed by atoms with Crippen molar-refractivity contribution >= 4 is 33.0 Å². The van der Waals surface area contributed by atoms with Gasteiger partial charge in [-0.25, -0.2) is 8.42 Å². The topological polar surface area (TPSA) is 69.7 Å². The molecule has 28 heavy (non-hydrogen) atoms. The second kappa shape index (κ2) is 8.23. The first kappa shape index (κ1) is 19.4. The van der Waals surface area contributed by atoms with E-state index in [1.54, 1.807) is 16.3 Å². The van der Waals surface area contributed by atoms with Crippen LogP contribution in [0.15, 0.2) is 46.7 Å². The molecule has 3 heterocycles. The molecule has 0 saturated carbocycles. The number of sulfonamides is 1. The Morgan fingerprint density at radius 1 is 1.04 bits per heavy atom. The molecule has 4 rings (SSSR count). The monoisotopic (exact) mass is 419 g/mol. The van der Waals surface area contributed by atoms with Gasteiger partial charge in [-0.15, -0.1) is 11.3 Å². The van der Waals surface area contributed by atoms with Crippen LogP contribution in [0.25, 0.3) is 0 Å².